The summed E-state index contributed by atoms with van der Waals surface area (Å²) in [6.07, 6.45) is 1.55. The summed E-state index contributed by atoms with van der Waals surface area (Å²) in [6.45, 7) is 6.90. The Morgan fingerprint density at radius 3 is 2.44 bits per heavy atom. The van der Waals surface area contributed by atoms with Crippen molar-refractivity contribution < 1.29 is 19.1 Å². The van der Waals surface area contributed by atoms with Crippen LogP contribution in [0.4, 0.5) is 0 Å². The lowest BCUT2D eigenvalue weighted by Crippen LogP contribution is -2.47. The van der Waals surface area contributed by atoms with Crippen LogP contribution in [0.1, 0.15) is 43.6 Å². The van der Waals surface area contributed by atoms with Gasteiger partial charge < -0.3 is 10.1 Å². The molecule has 0 spiro atoms. The van der Waals surface area contributed by atoms with Crippen LogP contribution in [0.5, 0.6) is 0 Å². The molecule has 2 rings (SSSR count). The molecule has 1 aromatic carbocycles. The average molecular weight is 340 g/mol. The maximum absolute atomic E-state index is 12.0. The number of carbonyl (C=O) groups excluding carboxylic acids is 3. The van der Waals surface area contributed by atoms with Gasteiger partial charge in [0.25, 0.3) is 11.8 Å². The summed E-state index contributed by atoms with van der Waals surface area (Å²) in [5, 5.41) is 2.51. The van der Waals surface area contributed by atoms with Crippen LogP contribution in [-0.2, 0) is 14.3 Å². The summed E-state index contributed by atoms with van der Waals surface area (Å²) < 4.78 is 5.30. The fourth-order valence-electron chi connectivity index (χ4n) is 2.14. The lowest BCUT2D eigenvalue weighted by atomic mass is 10.1. The van der Waals surface area contributed by atoms with E-state index in [1.54, 1.807) is 58.0 Å². The van der Waals surface area contributed by atoms with Crippen LogP contribution in [0.2, 0.25) is 0 Å². The van der Waals surface area contributed by atoms with Gasteiger partial charge in [-0.2, -0.15) is 0 Å². The first kappa shape index (κ1) is 18.3. The van der Waals surface area contributed by atoms with Gasteiger partial charge >= 0.3 is 5.97 Å². The first-order valence-corrected chi connectivity index (χ1v) is 7.80. The van der Waals surface area contributed by atoms with E-state index in [2.05, 4.69) is 17.3 Å². The number of benzene rings is 1. The lowest BCUT2D eigenvalue weighted by molar-refractivity contribution is -0.133. The normalized spacial score (nSPS) is 16.2. The van der Waals surface area contributed by atoms with Gasteiger partial charge in [-0.15, -0.1) is 0 Å². The Kier molecular flexibility index (Phi) is 5.28. The van der Waals surface area contributed by atoms with Gasteiger partial charge in [-0.05, 0) is 51.5 Å². The molecule has 0 radical (unpaired) electrons. The largest absolute Gasteiger partial charge is 0.456 e. The molecule has 6 nitrogen and oxygen atoms in total. The predicted molar refractivity (Wildman–Crippen MR) is 92.9 cm³/mol. The molecular weight excluding hydrogens is 320 g/mol. The number of nitrogens with one attached hydrogen (secondary N) is 1. The lowest BCUT2D eigenvalue weighted by Gasteiger charge is -2.24. The van der Waals surface area contributed by atoms with E-state index in [9.17, 15) is 14.4 Å². The summed E-state index contributed by atoms with van der Waals surface area (Å²) in [4.78, 5) is 37.1. The Morgan fingerprint density at radius 1 is 1.24 bits per heavy atom. The molecule has 1 saturated heterocycles. The maximum atomic E-state index is 12.0. The van der Waals surface area contributed by atoms with Gasteiger partial charge in [0.2, 0.25) is 0 Å². The maximum Gasteiger partial charge on any atom is 0.338 e. The van der Waals surface area contributed by atoms with Crippen molar-refractivity contribution in [3.63, 3.8) is 0 Å². The molecule has 0 bridgehead atoms. The van der Waals surface area contributed by atoms with E-state index >= 15 is 0 Å². The van der Waals surface area contributed by atoms with Crippen LogP contribution in [0, 0.1) is 12.0 Å². The first-order chi connectivity index (χ1) is 11.7. The fraction of sp³-hybridized carbons (Fsp3) is 0.316. The molecule has 25 heavy (non-hydrogen) atoms. The Bertz CT molecular complexity index is 789. The molecule has 1 fully saturated rings. The Hall–Kier alpha value is -3.07. The summed E-state index contributed by atoms with van der Waals surface area (Å²) in [5.74, 6) is 1.53. The molecule has 1 heterocycles. The summed E-state index contributed by atoms with van der Waals surface area (Å²) in [6, 6.07) is 9.19. The van der Waals surface area contributed by atoms with Crippen LogP contribution in [0.3, 0.4) is 0 Å². The number of ether oxygens (including phenoxy) is 1. The second-order valence-corrected chi connectivity index (χ2v) is 6.43. The van der Waals surface area contributed by atoms with Crippen molar-refractivity contribution in [2.45, 2.75) is 33.3 Å². The second-order valence-electron chi connectivity index (χ2n) is 6.43. The van der Waals surface area contributed by atoms with Gasteiger partial charge in [0.05, 0.1) is 12.1 Å². The number of nitrogens with zero attached hydrogens (tertiary/aromatic N) is 1. The van der Waals surface area contributed by atoms with Crippen molar-refractivity contribution >= 4 is 23.9 Å². The smallest absolute Gasteiger partial charge is 0.338 e. The minimum Gasteiger partial charge on any atom is -0.456 e. The van der Waals surface area contributed by atoms with Crippen molar-refractivity contribution in [1.29, 1.82) is 0 Å². The monoisotopic (exact) mass is 340 g/mol. The molecular formula is C19H20N2O4. The molecule has 0 aromatic heterocycles. The standard InChI is InChI=1S/C19H20N2O4/c1-5-10-21-15(17(23)20-12-16(21)22)11-13-6-8-14(9-7-13)18(24)25-19(2,3)4/h6-9,11H,12H2,1-4H3,(H,20,23)/b15-11-. The quantitative estimate of drug-likeness (QED) is 0.507. The number of esters is 1. The number of piperazine rings is 1. The van der Waals surface area contributed by atoms with E-state index in [0.29, 0.717) is 11.1 Å². The van der Waals surface area contributed by atoms with E-state index in [1.165, 1.54) is 0 Å². The SMILES string of the molecule is CC#CN1C(=O)CNC(=O)/C1=C/c1ccc(C(=O)OC(C)(C)C)cc1. The van der Waals surface area contributed by atoms with Gasteiger partial charge in [0.15, 0.2) is 0 Å². The molecule has 2 amide bonds. The number of hydrogen-bond donors (Lipinski definition) is 1. The van der Waals surface area contributed by atoms with Crippen molar-refractivity contribution in [1.82, 2.24) is 10.2 Å². The molecule has 1 N–H and O–H groups in total. The van der Waals surface area contributed by atoms with Crippen LogP contribution in [0.25, 0.3) is 6.08 Å². The van der Waals surface area contributed by atoms with Gasteiger partial charge in [-0.1, -0.05) is 18.1 Å². The third-order valence-corrected chi connectivity index (χ3v) is 3.20. The number of rotatable bonds is 2. The average Bonchev–Trinajstić information content (AvgIpc) is 2.53. The third-order valence-electron chi connectivity index (χ3n) is 3.20. The van der Waals surface area contributed by atoms with Gasteiger partial charge in [0.1, 0.15) is 11.3 Å². The van der Waals surface area contributed by atoms with Crippen LogP contribution in [-0.4, -0.2) is 34.8 Å². The second kappa shape index (κ2) is 7.22. The molecule has 0 unspecified atom stereocenters. The molecule has 1 aromatic rings. The Balaban J connectivity index is 2.27. The van der Waals surface area contributed by atoms with Crippen LogP contribution in [0.15, 0.2) is 30.0 Å². The number of hydrogen-bond acceptors (Lipinski definition) is 4. The minimum atomic E-state index is -0.572. The number of carbonyl (C=O) groups is 3. The molecule has 1 aliphatic rings. The Morgan fingerprint density at radius 2 is 1.88 bits per heavy atom. The van der Waals surface area contributed by atoms with E-state index in [4.69, 9.17) is 4.74 Å². The zero-order chi connectivity index (χ0) is 18.6. The first-order valence-electron chi connectivity index (χ1n) is 7.80. The van der Waals surface area contributed by atoms with Crippen molar-refractivity contribution in [3.8, 4) is 12.0 Å². The van der Waals surface area contributed by atoms with Crippen molar-refractivity contribution in [2.24, 2.45) is 0 Å². The van der Waals surface area contributed by atoms with Gasteiger partial charge in [-0.25, -0.2) is 9.69 Å². The summed E-state index contributed by atoms with van der Waals surface area (Å²) in [7, 11) is 0. The minimum absolute atomic E-state index is 0.0809. The topological polar surface area (TPSA) is 75.7 Å². The highest BCUT2D eigenvalue weighted by molar-refractivity contribution is 6.06. The predicted octanol–water partition coefficient (Wildman–Crippen LogP) is 1.92. The van der Waals surface area contributed by atoms with Crippen LogP contribution >= 0.6 is 0 Å². The van der Waals surface area contributed by atoms with E-state index in [1.807, 2.05) is 0 Å². The highest BCUT2D eigenvalue weighted by Crippen LogP contribution is 2.17. The van der Waals surface area contributed by atoms with Gasteiger partial charge in [0, 0.05) is 6.04 Å². The van der Waals surface area contributed by atoms with Gasteiger partial charge in [-0.3, -0.25) is 9.59 Å². The number of amides is 2. The highest BCUT2D eigenvalue weighted by atomic mass is 16.6. The Labute approximate surface area is 146 Å². The molecule has 130 valence electrons. The van der Waals surface area contributed by atoms with Crippen molar-refractivity contribution in [2.75, 3.05) is 6.54 Å². The zero-order valence-electron chi connectivity index (χ0n) is 14.7. The van der Waals surface area contributed by atoms with E-state index < -0.39 is 11.6 Å². The van der Waals surface area contributed by atoms with Crippen LogP contribution < -0.4 is 5.32 Å². The highest BCUT2D eigenvalue weighted by Gasteiger charge is 2.28. The molecule has 0 aliphatic carbocycles. The fourth-order valence-corrected chi connectivity index (χ4v) is 2.14. The zero-order valence-corrected chi connectivity index (χ0v) is 14.7. The van der Waals surface area contributed by atoms with E-state index in [0.717, 1.165) is 4.90 Å². The molecule has 0 saturated carbocycles. The van der Waals surface area contributed by atoms with E-state index in [-0.39, 0.29) is 24.1 Å². The molecule has 0 atom stereocenters. The molecule has 1 aliphatic heterocycles. The van der Waals surface area contributed by atoms with Crippen molar-refractivity contribution in [3.05, 3.63) is 41.1 Å². The summed E-state index contributed by atoms with van der Waals surface area (Å²) >= 11 is 0. The summed E-state index contributed by atoms with van der Waals surface area (Å²) in [5.41, 5.74) is 0.648. The third kappa shape index (κ3) is 4.70. The molecule has 6 heteroatoms.